The SMILES string of the molecule is Nc1ncc(-c2cccc(N(c3ccccc3)[N+](=O)[O-])c2)cn1. The van der Waals surface area contributed by atoms with E-state index in [9.17, 15) is 10.1 Å². The summed E-state index contributed by atoms with van der Waals surface area (Å²) in [4.78, 5) is 19.4. The molecule has 2 N–H and O–H groups in total. The smallest absolute Gasteiger partial charge is 0.219 e. The first-order valence-electron chi connectivity index (χ1n) is 6.82. The molecule has 0 aliphatic heterocycles. The van der Waals surface area contributed by atoms with E-state index in [0.717, 1.165) is 16.1 Å². The predicted molar refractivity (Wildman–Crippen MR) is 87.5 cm³/mol. The molecular formula is C16H13N5O2. The van der Waals surface area contributed by atoms with E-state index in [2.05, 4.69) is 9.97 Å². The highest BCUT2D eigenvalue weighted by atomic mass is 16.7. The Morgan fingerprint density at radius 2 is 1.57 bits per heavy atom. The van der Waals surface area contributed by atoms with Crippen LogP contribution in [0.25, 0.3) is 11.1 Å². The van der Waals surface area contributed by atoms with Gasteiger partial charge in [0.1, 0.15) is 11.4 Å². The van der Waals surface area contributed by atoms with Crippen LogP contribution in [0.3, 0.4) is 0 Å². The maximum Gasteiger partial charge on any atom is 0.219 e. The number of hydrazine groups is 1. The Bertz CT molecular complexity index is 821. The second-order valence-electron chi connectivity index (χ2n) is 4.77. The van der Waals surface area contributed by atoms with Crippen LogP contribution in [0.15, 0.2) is 67.0 Å². The summed E-state index contributed by atoms with van der Waals surface area (Å²) in [7, 11) is 0. The van der Waals surface area contributed by atoms with Crippen LogP contribution in [0.2, 0.25) is 0 Å². The zero-order chi connectivity index (χ0) is 16.2. The van der Waals surface area contributed by atoms with Crippen LogP contribution in [-0.2, 0) is 0 Å². The summed E-state index contributed by atoms with van der Waals surface area (Å²) in [6, 6.07) is 15.7. The molecule has 0 fully saturated rings. The van der Waals surface area contributed by atoms with E-state index in [4.69, 9.17) is 5.73 Å². The number of nitrogen functional groups attached to an aromatic ring is 1. The van der Waals surface area contributed by atoms with Crippen LogP contribution < -0.4 is 10.7 Å². The van der Waals surface area contributed by atoms with Gasteiger partial charge in [0.2, 0.25) is 5.95 Å². The first-order chi connectivity index (χ1) is 11.1. The van der Waals surface area contributed by atoms with Gasteiger partial charge in [-0.3, -0.25) is 0 Å². The zero-order valence-corrected chi connectivity index (χ0v) is 12.0. The van der Waals surface area contributed by atoms with Gasteiger partial charge in [0.25, 0.3) is 0 Å². The number of rotatable bonds is 4. The maximum atomic E-state index is 11.5. The summed E-state index contributed by atoms with van der Waals surface area (Å²) in [5.41, 5.74) is 7.90. The molecule has 0 amide bonds. The van der Waals surface area contributed by atoms with Crippen molar-refractivity contribution in [2.75, 3.05) is 10.7 Å². The summed E-state index contributed by atoms with van der Waals surface area (Å²) < 4.78 is 0. The molecule has 0 radical (unpaired) electrons. The van der Waals surface area contributed by atoms with E-state index < -0.39 is 5.03 Å². The summed E-state index contributed by atoms with van der Waals surface area (Å²) in [6.07, 6.45) is 3.17. The molecule has 1 aromatic heterocycles. The fourth-order valence-electron chi connectivity index (χ4n) is 2.21. The van der Waals surface area contributed by atoms with E-state index in [1.165, 1.54) is 0 Å². The molecule has 0 unspecified atom stereocenters. The zero-order valence-electron chi connectivity index (χ0n) is 12.0. The first kappa shape index (κ1) is 14.5. The average Bonchev–Trinajstić information content (AvgIpc) is 2.57. The lowest BCUT2D eigenvalue weighted by Crippen LogP contribution is -2.24. The number of para-hydroxylation sites is 1. The number of hydrogen-bond donors (Lipinski definition) is 1. The van der Waals surface area contributed by atoms with Crippen LogP contribution in [0.4, 0.5) is 17.3 Å². The molecule has 0 bridgehead atoms. The Morgan fingerprint density at radius 1 is 0.913 bits per heavy atom. The lowest BCUT2D eigenvalue weighted by atomic mass is 10.1. The third-order valence-electron chi connectivity index (χ3n) is 3.26. The van der Waals surface area contributed by atoms with Crippen molar-refractivity contribution in [1.82, 2.24) is 9.97 Å². The third kappa shape index (κ3) is 3.08. The van der Waals surface area contributed by atoms with E-state index in [0.29, 0.717) is 11.4 Å². The lowest BCUT2D eigenvalue weighted by molar-refractivity contribution is -0.483. The molecule has 2 aromatic carbocycles. The predicted octanol–water partition coefficient (Wildman–Crippen LogP) is 3.06. The van der Waals surface area contributed by atoms with E-state index in [1.54, 1.807) is 54.9 Å². The van der Waals surface area contributed by atoms with Gasteiger partial charge in [-0.2, -0.15) is 0 Å². The van der Waals surface area contributed by atoms with Crippen molar-refractivity contribution in [3.8, 4) is 11.1 Å². The fourth-order valence-corrected chi connectivity index (χ4v) is 2.21. The minimum absolute atomic E-state index is 0.182. The number of anilines is 3. The maximum absolute atomic E-state index is 11.5. The van der Waals surface area contributed by atoms with Crippen molar-refractivity contribution in [3.63, 3.8) is 0 Å². The van der Waals surface area contributed by atoms with Crippen molar-refractivity contribution in [2.24, 2.45) is 0 Å². The highest BCUT2D eigenvalue weighted by Gasteiger charge is 2.20. The highest BCUT2D eigenvalue weighted by molar-refractivity contribution is 5.70. The molecule has 7 heteroatoms. The van der Waals surface area contributed by atoms with Crippen molar-refractivity contribution in [1.29, 1.82) is 0 Å². The summed E-state index contributed by atoms with van der Waals surface area (Å²) in [5, 5.41) is 12.1. The van der Waals surface area contributed by atoms with E-state index >= 15 is 0 Å². The van der Waals surface area contributed by atoms with Gasteiger partial charge >= 0.3 is 0 Å². The molecule has 0 aliphatic carbocycles. The topological polar surface area (TPSA) is 98.2 Å². The minimum Gasteiger partial charge on any atom is -0.368 e. The van der Waals surface area contributed by atoms with Gasteiger partial charge in [-0.25, -0.2) is 20.1 Å². The second kappa shape index (κ2) is 6.10. The van der Waals surface area contributed by atoms with Crippen molar-refractivity contribution >= 4 is 17.3 Å². The normalized spacial score (nSPS) is 10.3. The number of nitrogens with zero attached hydrogens (tertiary/aromatic N) is 4. The Hall–Kier alpha value is -3.48. The summed E-state index contributed by atoms with van der Waals surface area (Å²) in [6.45, 7) is 0. The van der Waals surface area contributed by atoms with Crippen LogP contribution in [0.5, 0.6) is 0 Å². The van der Waals surface area contributed by atoms with Gasteiger partial charge in [0.15, 0.2) is 5.03 Å². The molecule has 114 valence electrons. The largest absolute Gasteiger partial charge is 0.368 e. The number of nitrogens with two attached hydrogens (primary N) is 1. The molecule has 0 saturated heterocycles. The van der Waals surface area contributed by atoms with Gasteiger partial charge in [0.05, 0.1) is 0 Å². The summed E-state index contributed by atoms with van der Waals surface area (Å²) >= 11 is 0. The van der Waals surface area contributed by atoms with E-state index in [-0.39, 0.29) is 5.95 Å². The Balaban J connectivity index is 2.03. The monoisotopic (exact) mass is 307 g/mol. The second-order valence-corrected chi connectivity index (χ2v) is 4.77. The van der Waals surface area contributed by atoms with Gasteiger partial charge in [-0.1, -0.05) is 35.3 Å². The van der Waals surface area contributed by atoms with Gasteiger partial charge < -0.3 is 5.73 Å². The fraction of sp³-hybridized carbons (Fsp3) is 0. The molecule has 0 aliphatic rings. The summed E-state index contributed by atoms with van der Waals surface area (Å²) in [5.74, 6) is 0.182. The lowest BCUT2D eigenvalue weighted by Gasteiger charge is -2.15. The van der Waals surface area contributed by atoms with Crippen molar-refractivity contribution < 1.29 is 5.03 Å². The molecule has 23 heavy (non-hydrogen) atoms. The Morgan fingerprint density at radius 3 is 2.22 bits per heavy atom. The average molecular weight is 307 g/mol. The number of nitro groups is 1. The number of hydrogen-bond acceptors (Lipinski definition) is 5. The number of benzene rings is 2. The molecule has 7 nitrogen and oxygen atoms in total. The van der Waals surface area contributed by atoms with E-state index in [1.807, 2.05) is 12.1 Å². The van der Waals surface area contributed by atoms with Gasteiger partial charge in [-0.05, 0) is 29.8 Å². The first-order valence-corrected chi connectivity index (χ1v) is 6.82. The number of aromatic nitrogens is 2. The third-order valence-corrected chi connectivity index (χ3v) is 3.26. The van der Waals surface area contributed by atoms with Crippen molar-refractivity contribution in [2.45, 2.75) is 0 Å². The van der Waals surface area contributed by atoms with Crippen LogP contribution in [0, 0.1) is 10.1 Å². The van der Waals surface area contributed by atoms with Crippen LogP contribution >= 0.6 is 0 Å². The molecule has 1 heterocycles. The van der Waals surface area contributed by atoms with Crippen LogP contribution in [-0.4, -0.2) is 15.0 Å². The molecule has 0 spiro atoms. The van der Waals surface area contributed by atoms with Gasteiger partial charge in [0, 0.05) is 18.0 Å². The standard InChI is InChI=1S/C16H13N5O2/c17-16-18-10-13(11-19-16)12-5-4-8-15(9-12)20(21(22)23)14-6-2-1-3-7-14/h1-11H,(H2,17,18,19). The minimum atomic E-state index is -0.450. The molecule has 0 atom stereocenters. The molecule has 0 saturated carbocycles. The Labute approximate surface area is 132 Å². The van der Waals surface area contributed by atoms with Crippen LogP contribution in [0.1, 0.15) is 0 Å². The Kier molecular flexibility index (Phi) is 3.84. The van der Waals surface area contributed by atoms with Gasteiger partial charge in [-0.15, -0.1) is 0 Å². The highest BCUT2D eigenvalue weighted by Crippen LogP contribution is 2.29. The molecule has 3 rings (SSSR count). The van der Waals surface area contributed by atoms with Crippen molar-refractivity contribution in [3.05, 3.63) is 77.1 Å². The quantitative estimate of drug-likeness (QED) is 0.587. The molecule has 3 aromatic rings. The molecular weight excluding hydrogens is 294 g/mol.